The van der Waals surface area contributed by atoms with E-state index < -0.39 is 63.9 Å². The smallest absolute Gasteiger partial charge is 0.327 e. The zero-order valence-electron chi connectivity index (χ0n) is 20.0. The number of thioether (sulfide) groups is 1. The number of likely N-dealkylation sites (N-methyl/N-ethyl adjacent to an activating group) is 1. The van der Waals surface area contributed by atoms with Gasteiger partial charge in [0.25, 0.3) is 0 Å². The Hall–Kier alpha value is -3.61. The van der Waals surface area contributed by atoms with E-state index in [4.69, 9.17) is 0 Å². The molecule has 36 heavy (non-hydrogen) atoms. The van der Waals surface area contributed by atoms with Crippen molar-refractivity contribution in [1.29, 1.82) is 0 Å². The molecule has 3 saturated heterocycles. The average Bonchev–Trinajstić information content (AvgIpc) is 3.10. The summed E-state index contributed by atoms with van der Waals surface area (Å²) in [7, 11) is 0. The molecule has 1 unspecified atom stereocenters. The van der Waals surface area contributed by atoms with Gasteiger partial charge in [-0.15, -0.1) is 11.8 Å². The third-order valence-electron chi connectivity index (χ3n) is 6.57. The summed E-state index contributed by atoms with van der Waals surface area (Å²) in [5.41, 5.74) is 0.403. The van der Waals surface area contributed by atoms with Gasteiger partial charge >= 0.3 is 23.8 Å². The zero-order valence-corrected chi connectivity index (χ0v) is 20.8. The number of hydrogen-bond donors (Lipinski definition) is 3. The first kappa shape index (κ1) is 25.5. The van der Waals surface area contributed by atoms with E-state index in [-0.39, 0.29) is 13.1 Å². The zero-order chi connectivity index (χ0) is 26.4. The Morgan fingerprint density at radius 3 is 2.39 bits per heavy atom. The van der Waals surface area contributed by atoms with Gasteiger partial charge in [0.15, 0.2) is 0 Å². The van der Waals surface area contributed by atoms with E-state index in [2.05, 4.69) is 10.6 Å². The number of imide groups is 1. The molecule has 3 heterocycles. The second kappa shape index (κ2) is 9.45. The Kier molecular flexibility index (Phi) is 6.69. The highest BCUT2D eigenvalue weighted by atomic mass is 32.2. The lowest BCUT2D eigenvalue weighted by atomic mass is 9.95. The topological polar surface area (TPSA) is 156 Å². The summed E-state index contributed by atoms with van der Waals surface area (Å²) in [6, 6.07) is 4.11. The maximum Gasteiger partial charge on any atom is 0.327 e. The number of carbonyl (C=O) groups excluding carboxylic acids is 5. The van der Waals surface area contributed by atoms with Crippen LogP contribution in [0.25, 0.3) is 0 Å². The number of urea groups is 1. The molecule has 0 radical (unpaired) electrons. The number of fused-ring (bicyclic) bond motifs is 1. The van der Waals surface area contributed by atoms with Crippen LogP contribution < -0.4 is 10.6 Å². The number of nitrogens with one attached hydrogen (secondary N) is 2. The van der Waals surface area contributed by atoms with E-state index >= 15 is 0 Å². The Morgan fingerprint density at radius 1 is 1.11 bits per heavy atom. The lowest BCUT2D eigenvalue weighted by molar-refractivity contribution is -0.161. The predicted molar refractivity (Wildman–Crippen MR) is 127 cm³/mol. The molecule has 13 heteroatoms. The molecule has 0 bridgehead atoms. The van der Waals surface area contributed by atoms with Gasteiger partial charge in [-0.05, 0) is 26.3 Å². The van der Waals surface area contributed by atoms with Crippen molar-refractivity contribution >= 4 is 47.4 Å². The Labute approximate surface area is 211 Å². The van der Waals surface area contributed by atoms with Gasteiger partial charge in [0.1, 0.15) is 23.5 Å². The summed E-state index contributed by atoms with van der Waals surface area (Å²) in [6.07, 6.45) is 0. The van der Waals surface area contributed by atoms with Gasteiger partial charge in [-0.3, -0.25) is 24.1 Å². The molecule has 3 aliphatic heterocycles. The first-order valence-electron chi connectivity index (χ1n) is 11.5. The fourth-order valence-corrected chi connectivity index (χ4v) is 6.32. The number of aliphatic carboxylic acids is 1. The summed E-state index contributed by atoms with van der Waals surface area (Å²) >= 11 is 1.28. The van der Waals surface area contributed by atoms with Crippen LogP contribution in [-0.2, 0) is 24.0 Å². The van der Waals surface area contributed by atoms with Crippen LogP contribution in [0.5, 0.6) is 0 Å². The van der Waals surface area contributed by atoms with E-state index in [9.17, 15) is 33.9 Å². The number of carboxylic acid groups (broad SMARTS) is 1. The van der Waals surface area contributed by atoms with Crippen molar-refractivity contribution in [2.24, 2.45) is 0 Å². The number of amides is 6. The quantitative estimate of drug-likeness (QED) is 0.345. The number of hydrogen-bond acceptors (Lipinski definition) is 7. The molecule has 4 rings (SSSR count). The molecule has 0 aromatic heterocycles. The molecular formula is C23H27N5O7S. The van der Waals surface area contributed by atoms with Crippen LogP contribution >= 0.6 is 11.8 Å². The number of β-lactam (4-membered cyclic amide) rings is 1. The number of benzene rings is 1. The van der Waals surface area contributed by atoms with Gasteiger partial charge in [-0.1, -0.05) is 30.3 Å². The van der Waals surface area contributed by atoms with Crippen LogP contribution in [-0.4, -0.2) is 97.3 Å². The minimum atomic E-state index is -1.26. The molecule has 12 nitrogen and oxygen atoms in total. The van der Waals surface area contributed by atoms with Gasteiger partial charge < -0.3 is 25.5 Å². The minimum absolute atomic E-state index is 0.0200. The summed E-state index contributed by atoms with van der Waals surface area (Å²) in [4.78, 5) is 78.8. The summed E-state index contributed by atoms with van der Waals surface area (Å²) < 4.78 is -0.758. The van der Waals surface area contributed by atoms with Crippen LogP contribution in [0.4, 0.5) is 4.79 Å². The Morgan fingerprint density at radius 2 is 1.78 bits per heavy atom. The molecule has 1 aromatic rings. The molecule has 6 amide bonds. The van der Waals surface area contributed by atoms with E-state index in [1.165, 1.54) is 21.6 Å². The molecule has 0 saturated carbocycles. The van der Waals surface area contributed by atoms with Crippen LogP contribution in [0.3, 0.4) is 0 Å². The Bertz CT molecular complexity index is 1130. The van der Waals surface area contributed by atoms with Crippen molar-refractivity contribution < 1.29 is 33.9 Å². The molecular weight excluding hydrogens is 490 g/mol. The molecule has 0 aliphatic carbocycles. The highest BCUT2D eigenvalue weighted by Gasteiger charge is 2.64. The molecule has 192 valence electrons. The lowest BCUT2D eigenvalue weighted by Gasteiger charge is -2.44. The lowest BCUT2D eigenvalue weighted by Crippen LogP contribution is -2.71. The number of carboxylic acids is 1. The number of nitrogens with zero attached hydrogens (tertiary/aromatic N) is 3. The Balaban J connectivity index is 1.51. The van der Waals surface area contributed by atoms with Gasteiger partial charge in [-0.2, -0.15) is 0 Å². The second-order valence-electron chi connectivity index (χ2n) is 9.22. The predicted octanol–water partition coefficient (Wildman–Crippen LogP) is -0.240. The van der Waals surface area contributed by atoms with Crippen molar-refractivity contribution in [3.05, 3.63) is 35.9 Å². The van der Waals surface area contributed by atoms with E-state index in [0.29, 0.717) is 12.1 Å². The second-order valence-corrected chi connectivity index (χ2v) is 11.0. The van der Waals surface area contributed by atoms with Crippen LogP contribution in [0.2, 0.25) is 0 Å². The molecule has 4 atom stereocenters. The van der Waals surface area contributed by atoms with Crippen molar-refractivity contribution in [3.8, 4) is 0 Å². The van der Waals surface area contributed by atoms with Gasteiger partial charge in [0, 0.05) is 24.4 Å². The third-order valence-corrected chi connectivity index (χ3v) is 8.14. The van der Waals surface area contributed by atoms with E-state index in [1.54, 1.807) is 51.1 Å². The summed E-state index contributed by atoms with van der Waals surface area (Å²) in [5.74, 6) is -4.12. The first-order valence-corrected chi connectivity index (χ1v) is 12.3. The highest BCUT2D eigenvalue weighted by Crippen LogP contribution is 2.50. The van der Waals surface area contributed by atoms with Gasteiger partial charge in [0.05, 0.1) is 0 Å². The van der Waals surface area contributed by atoms with Crippen LogP contribution in [0.1, 0.15) is 32.4 Å². The molecule has 3 fully saturated rings. The summed E-state index contributed by atoms with van der Waals surface area (Å²) in [5, 5.41) is 14.2. The summed E-state index contributed by atoms with van der Waals surface area (Å²) in [6.45, 7) is 5.67. The van der Waals surface area contributed by atoms with Gasteiger partial charge in [0.2, 0.25) is 11.8 Å². The fraction of sp³-hybridized carbons (Fsp3) is 0.478. The van der Waals surface area contributed by atoms with Crippen molar-refractivity contribution in [2.75, 3.05) is 19.6 Å². The van der Waals surface area contributed by atoms with Crippen molar-refractivity contribution in [3.63, 3.8) is 0 Å². The monoisotopic (exact) mass is 517 g/mol. The van der Waals surface area contributed by atoms with Crippen molar-refractivity contribution in [1.82, 2.24) is 25.3 Å². The van der Waals surface area contributed by atoms with Crippen molar-refractivity contribution in [2.45, 2.75) is 49.0 Å². The number of carbonyl (C=O) groups is 6. The molecule has 1 aromatic carbocycles. The fourth-order valence-electron chi connectivity index (χ4n) is 4.70. The first-order chi connectivity index (χ1) is 17.0. The van der Waals surface area contributed by atoms with Gasteiger partial charge in [-0.25, -0.2) is 9.59 Å². The van der Waals surface area contributed by atoms with Crippen LogP contribution in [0, 0.1) is 0 Å². The van der Waals surface area contributed by atoms with E-state index in [0.717, 1.165) is 4.90 Å². The average molecular weight is 518 g/mol. The number of rotatable bonds is 6. The highest BCUT2D eigenvalue weighted by molar-refractivity contribution is 8.01. The SMILES string of the molecule is CCN1CCN(C(=O)N[C@@H](C(=O)N[C@@H]2C(=O)N3C(C(=O)O)C(C)(C)S[C@H]23)c2ccccc2)C(=O)C1=O. The molecule has 3 N–H and O–H groups in total. The largest absolute Gasteiger partial charge is 0.480 e. The van der Waals surface area contributed by atoms with E-state index in [1.807, 2.05) is 0 Å². The normalized spacial score (nSPS) is 25.7. The molecule has 0 spiro atoms. The van der Waals surface area contributed by atoms with Crippen LogP contribution in [0.15, 0.2) is 30.3 Å². The maximum atomic E-state index is 13.3. The number of piperazine rings is 1. The maximum absolute atomic E-state index is 13.3. The third kappa shape index (κ3) is 4.27. The molecule has 3 aliphatic rings. The standard InChI is InChI=1S/C23H27N5O7S/c1-4-26-10-11-27(19(32)18(26)31)22(35)25-13(12-8-6-5-7-9-12)16(29)24-14-17(30)28-15(21(33)34)23(2,3)36-20(14)28/h5-9,13-15,20H,4,10-11H2,1-3H3,(H,24,29)(H,25,35)(H,33,34)/t13-,14-,15?,20-/m1/s1. The minimum Gasteiger partial charge on any atom is -0.480 e.